The van der Waals surface area contributed by atoms with Gasteiger partial charge in [0, 0.05) is 45.9 Å². The van der Waals surface area contributed by atoms with Gasteiger partial charge in [0.2, 0.25) is 0 Å². The van der Waals surface area contributed by atoms with Crippen molar-refractivity contribution in [3.63, 3.8) is 0 Å². The maximum Gasteiger partial charge on any atom is 0.0665 e. The predicted molar refractivity (Wildman–Crippen MR) is 215 cm³/mol. The van der Waals surface area contributed by atoms with Gasteiger partial charge in [0.1, 0.15) is 0 Å². The summed E-state index contributed by atoms with van der Waals surface area (Å²) in [7, 11) is 0. The largest absolute Gasteiger partial charge is 0.312 e. The molecule has 0 radical (unpaired) electrons. The van der Waals surface area contributed by atoms with Crippen LogP contribution in [0.3, 0.4) is 0 Å². The van der Waals surface area contributed by atoms with Gasteiger partial charge in [-0.05, 0) is 76.3 Å². The minimum absolute atomic E-state index is 0.202. The normalized spacial score (nSPS) is 18.1. The van der Waals surface area contributed by atoms with Crippen molar-refractivity contribution >= 4 is 72.2 Å². The highest BCUT2D eigenvalue weighted by molar-refractivity contribution is 6.33. The van der Waals surface area contributed by atoms with Crippen LogP contribution in [0.2, 0.25) is 0 Å². The van der Waals surface area contributed by atoms with Crippen LogP contribution in [0.1, 0.15) is 18.4 Å². The Morgan fingerprint density at radius 1 is 0.720 bits per heavy atom. The zero-order valence-corrected chi connectivity index (χ0v) is 27.9. The Hall–Kier alpha value is -6.06. The lowest BCUT2D eigenvalue weighted by Crippen LogP contribution is -2.12. The maximum absolute atomic E-state index is 5.30. The Labute approximate surface area is 292 Å². The van der Waals surface area contributed by atoms with Crippen molar-refractivity contribution in [3.05, 3.63) is 175 Å². The molecule has 240 valence electrons. The van der Waals surface area contributed by atoms with Crippen LogP contribution in [-0.4, -0.2) is 23.5 Å². The molecule has 6 aromatic carbocycles. The van der Waals surface area contributed by atoms with E-state index in [9.17, 15) is 0 Å². The molecule has 0 spiro atoms. The SMILES string of the molecule is C=N/C(=C\C(=NCC1C=CC=C(n2c3cc4ccccc4cc3c3c4ccccc4c4ccccc4c32)C1)c1ccccc1)C1C=CC=CC1. The first-order valence-electron chi connectivity index (χ1n) is 17.5. The monoisotopic (exact) mass is 643 g/mol. The van der Waals surface area contributed by atoms with Crippen LogP contribution in [0.15, 0.2) is 180 Å². The summed E-state index contributed by atoms with van der Waals surface area (Å²) in [5, 5.41) is 10.3. The molecule has 50 heavy (non-hydrogen) atoms. The number of fused-ring (bicyclic) bond motifs is 9. The average molecular weight is 644 g/mol. The van der Waals surface area contributed by atoms with Gasteiger partial charge in [0.05, 0.1) is 16.7 Å². The molecule has 0 bridgehead atoms. The molecule has 0 N–H and O–H groups in total. The van der Waals surface area contributed by atoms with E-state index in [1.807, 2.05) is 0 Å². The minimum Gasteiger partial charge on any atom is -0.312 e. The van der Waals surface area contributed by atoms with E-state index in [0.29, 0.717) is 6.54 Å². The molecule has 3 heteroatoms. The van der Waals surface area contributed by atoms with E-state index in [1.165, 1.54) is 59.8 Å². The standard InChI is InChI=1S/C47H37N3/c1-48-43(33-16-4-2-5-17-33)30-44(34-18-6-3-7-19-34)49-31-32-15-14-22-37(27-32)50-45-29-36-21-9-8-20-35(36)28-42(45)46-40-25-12-10-23-38(40)39-24-11-13-26-41(39)47(46)50/h2-16,18-26,28-30,32-33H,1,17,27,31H2/b43-30-,49-44?. The molecule has 2 unspecified atom stereocenters. The van der Waals surface area contributed by atoms with Crippen molar-refractivity contribution in [3.8, 4) is 0 Å². The van der Waals surface area contributed by atoms with Crippen molar-refractivity contribution < 1.29 is 0 Å². The van der Waals surface area contributed by atoms with Gasteiger partial charge in [-0.15, -0.1) is 0 Å². The first-order valence-corrected chi connectivity index (χ1v) is 17.5. The van der Waals surface area contributed by atoms with Crippen LogP contribution in [0.4, 0.5) is 0 Å². The first-order chi connectivity index (χ1) is 24.8. The fourth-order valence-electron chi connectivity index (χ4n) is 7.93. The highest BCUT2D eigenvalue weighted by atomic mass is 15.0. The van der Waals surface area contributed by atoms with E-state index < -0.39 is 0 Å². The van der Waals surface area contributed by atoms with E-state index in [2.05, 4.69) is 180 Å². The first kappa shape index (κ1) is 30.0. The predicted octanol–water partition coefficient (Wildman–Crippen LogP) is 11.9. The van der Waals surface area contributed by atoms with E-state index in [0.717, 1.165) is 29.8 Å². The van der Waals surface area contributed by atoms with Gasteiger partial charge in [0.25, 0.3) is 0 Å². The summed E-state index contributed by atoms with van der Waals surface area (Å²) in [6.45, 7) is 4.60. The van der Waals surface area contributed by atoms with Gasteiger partial charge in [0.15, 0.2) is 0 Å². The number of hydrogen-bond acceptors (Lipinski definition) is 2. The second-order valence-electron chi connectivity index (χ2n) is 13.3. The van der Waals surface area contributed by atoms with Gasteiger partial charge in [-0.2, -0.15) is 0 Å². The summed E-state index contributed by atoms with van der Waals surface area (Å²) in [4.78, 5) is 9.76. The number of aromatic nitrogens is 1. The zero-order valence-electron chi connectivity index (χ0n) is 27.9. The smallest absolute Gasteiger partial charge is 0.0665 e. The van der Waals surface area contributed by atoms with Crippen molar-refractivity contribution in [2.45, 2.75) is 12.8 Å². The zero-order chi connectivity index (χ0) is 33.4. The highest BCUT2D eigenvalue weighted by Gasteiger charge is 2.23. The number of hydrogen-bond donors (Lipinski definition) is 0. The third-order valence-electron chi connectivity index (χ3n) is 10.3. The molecular weight excluding hydrogens is 607 g/mol. The summed E-state index contributed by atoms with van der Waals surface area (Å²) in [5.41, 5.74) is 6.79. The van der Waals surface area contributed by atoms with E-state index >= 15 is 0 Å². The quantitative estimate of drug-likeness (QED) is 0.122. The molecule has 2 atom stereocenters. The van der Waals surface area contributed by atoms with E-state index in [-0.39, 0.29) is 11.8 Å². The minimum atomic E-state index is 0.202. The summed E-state index contributed by atoms with van der Waals surface area (Å²) in [6, 6.07) is 41.8. The molecule has 0 saturated carbocycles. The number of nitrogens with zero attached hydrogens (tertiary/aromatic N) is 3. The summed E-state index contributed by atoms with van der Waals surface area (Å²) in [5.74, 6) is 0.437. The molecule has 3 nitrogen and oxygen atoms in total. The van der Waals surface area contributed by atoms with Gasteiger partial charge >= 0.3 is 0 Å². The molecule has 1 aromatic heterocycles. The summed E-state index contributed by atoms with van der Waals surface area (Å²) in [6.07, 6.45) is 19.4. The Kier molecular flexibility index (Phi) is 7.66. The topological polar surface area (TPSA) is 29.6 Å². The van der Waals surface area contributed by atoms with Gasteiger partial charge in [-0.25, -0.2) is 0 Å². The van der Waals surface area contributed by atoms with Gasteiger partial charge in [-0.3, -0.25) is 9.98 Å². The van der Waals surface area contributed by atoms with Crippen molar-refractivity contribution in [2.24, 2.45) is 21.8 Å². The van der Waals surface area contributed by atoms with Crippen LogP contribution in [0.5, 0.6) is 0 Å². The molecule has 1 heterocycles. The van der Waals surface area contributed by atoms with Crippen molar-refractivity contribution in [1.82, 2.24) is 4.57 Å². The molecule has 0 aliphatic heterocycles. The van der Waals surface area contributed by atoms with Crippen LogP contribution in [0, 0.1) is 11.8 Å². The molecule has 7 aromatic rings. The summed E-state index contributed by atoms with van der Waals surface area (Å²) < 4.78 is 2.55. The molecule has 9 rings (SSSR count). The molecule has 2 aliphatic rings. The highest BCUT2D eigenvalue weighted by Crippen LogP contribution is 2.44. The van der Waals surface area contributed by atoms with E-state index in [4.69, 9.17) is 4.99 Å². The van der Waals surface area contributed by atoms with E-state index in [1.54, 1.807) is 0 Å². The van der Waals surface area contributed by atoms with Crippen molar-refractivity contribution in [1.29, 1.82) is 0 Å². The fraction of sp³-hybridized carbons (Fsp3) is 0.106. The number of allylic oxidation sites excluding steroid dienone is 8. The molecular formula is C47H37N3. The summed E-state index contributed by atoms with van der Waals surface area (Å²) >= 11 is 0. The number of benzene rings is 6. The maximum atomic E-state index is 5.30. The Bertz CT molecular complexity index is 2640. The molecule has 0 saturated heterocycles. The Balaban J connectivity index is 1.18. The third kappa shape index (κ3) is 5.23. The Morgan fingerprint density at radius 2 is 1.42 bits per heavy atom. The average Bonchev–Trinajstić information content (AvgIpc) is 3.52. The molecule has 0 fully saturated rings. The molecule has 2 aliphatic carbocycles. The number of rotatable bonds is 7. The molecule has 0 amide bonds. The van der Waals surface area contributed by atoms with Crippen LogP contribution >= 0.6 is 0 Å². The second-order valence-corrected chi connectivity index (χ2v) is 13.3. The second kappa shape index (κ2) is 12.8. The number of aliphatic imine (C=N–C) groups is 2. The van der Waals surface area contributed by atoms with Crippen molar-refractivity contribution in [2.75, 3.05) is 6.54 Å². The van der Waals surface area contributed by atoms with Crippen LogP contribution in [0.25, 0.3) is 59.8 Å². The van der Waals surface area contributed by atoms with Gasteiger partial charge < -0.3 is 4.57 Å². The van der Waals surface area contributed by atoms with Gasteiger partial charge in [-0.1, -0.05) is 140 Å². The Morgan fingerprint density at radius 3 is 2.18 bits per heavy atom. The lowest BCUT2D eigenvalue weighted by atomic mass is 9.95. The lowest BCUT2D eigenvalue weighted by molar-refractivity contribution is 0.668. The van der Waals surface area contributed by atoms with Crippen LogP contribution in [-0.2, 0) is 0 Å². The third-order valence-corrected chi connectivity index (χ3v) is 10.3. The lowest BCUT2D eigenvalue weighted by Gasteiger charge is -2.21. The van der Waals surface area contributed by atoms with Crippen LogP contribution < -0.4 is 0 Å². The fourth-order valence-corrected chi connectivity index (χ4v) is 7.93.